The van der Waals surface area contributed by atoms with E-state index in [2.05, 4.69) is 5.32 Å². The highest BCUT2D eigenvalue weighted by molar-refractivity contribution is 6.35. The van der Waals surface area contributed by atoms with Crippen LogP contribution in [0.3, 0.4) is 0 Å². The van der Waals surface area contributed by atoms with Gasteiger partial charge in [0.1, 0.15) is 0 Å². The molecule has 146 valence electrons. The van der Waals surface area contributed by atoms with Gasteiger partial charge in [-0.1, -0.05) is 0 Å². The Morgan fingerprint density at radius 3 is 2.00 bits per heavy atom. The molecule has 0 aromatic heterocycles. The minimum absolute atomic E-state index is 0.204. The number of hydrogen-bond donors (Lipinski definition) is 1. The van der Waals surface area contributed by atoms with E-state index >= 15 is 0 Å². The van der Waals surface area contributed by atoms with Crippen molar-refractivity contribution in [3.8, 4) is 23.0 Å². The zero-order valence-corrected chi connectivity index (χ0v) is 15.7. The molecule has 1 aliphatic rings. The largest absolute Gasteiger partial charge is 0.493 e. The van der Waals surface area contributed by atoms with Crippen LogP contribution in [0.2, 0.25) is 0 Å². The van der Waals surface area contributed by atoms with E-state index in [4.69, 9.17) is 18.9 Å². The van der Waals surface area contributed by atoms with Gasteiger partial charge in [0.2, 0.25) is 0 Å². The van der Waals surface area contributed by atoms with E-state index in [1.807, 2.05) is 0 Å². The zero-order chi connectivity index (χ0) is 20.4. The van der Waals surface area contributed by atoms with Gasteiger partial charge >= 0.3 is 0 Å². The molecule has 28 heavy (non-hydrogen) atoms. The van der Waals surface area contributed by atoms with Crippen molar-refractivity contribution < 1.29 is 28.7 Å². The molecule has 2 aromatic rings. The van der Waals surface area contributed by atoms with Crippen LogP contribution in [0.25, 0.3) is 11.6 Å². The fourth-order valence-corrected chi connectivity index (χ4v) is 2.97. The Hall–Kier alpha value is -3.75. The monoisotopic (exact) mass is 386 g/mol. The first-order valence-corrected chi connectivity index (χ1v) is 8.13. The molecule has 0 fully saturated rings. The van der Waals surface area contributed by atoms with E-state index in [1.165, 1.54) is 46.6 Å². The SMILES string of the molecule is COc1cc(/C=C2/C(=O)Nc3cc(OC)c(OC)cc32)c([N+](=O)[O-])cc1OC. The molecule has 0 saturated carbocycles. The van der Waals surface area contributed by atoms with Crippen LogP contribution in [0.1, 0.15) is 11.1 Å². The standard InChI is InChI=1S/C19H18N2O7/c1-25-15-6-10(14(21(23)24)9-18(15)28-4)5-12-11-7-16(26-2)17(27-3)8-13(11)20-19(12)22/h5-9H,1-4H3,(H,20,22)/b12-5+. The number of nitrogens with zero attached hydrogens (tertiary/aromatic N) is 1. The van der Waals surface area contributed by atoms with E-state index in [9.17, 15) is 14.9 Å². The third-order valence-corrected chi connectivity index (χ3v) is 4.34. The Bertz CT molecular complexity index is 998. The molecule has 1 amide bonds. The molecule has 1 aliphatic heterocycles. The first-order chi connectivity index (χ1) is 13.4. The number of rotatable bonds is 6. The minimum Gasteiger partial charge on any atom is -0.493 e. The third kappa shape index (κ3) is 3.18. The van der Waals surface area contributed by atoms with Gasteiger partial charge in [0.25, 0.3) is 11.6 Å². The average Bonchev–Trinajstić information content (AvgIpc) is 3.00. The van der Waals surface area contributed by atoms with Gasteiger partial charge < -0.3 is 24.3 Å². The lowest BCUT2D eigenvalue weighted by Crippen LogP contribution is -2.04. The van der Waals surface area contributed by atoms with E-state index in [-0.39, 0.29) is 22.6 Å². The summed E-state index contributed by atoms with van der Waals surface area (Å²) in [6.07, 6.45) is 1.44. The normalized spacial score (nSPS) is 13.7. The Labute approximate surface area is 160 Å². The van der Waals surface area contributed by atoms with Crippen LogP contribution < -0.4 is 24.3 Å². The number of anilines is 1. The highest BCUT2D eigenvalue weighted by Gasteiger charge is 2.28. The quantitative estimate of drug-likeness (QED) is 0.461. The summed E-state index contributed by atoms with van der Waals surface area (Å²) in [5.74, 6) is 1.03. The zero-order valence-electron chi connectivity index (χ0n) is 15.7. The number of ether oxygens (including phenoxy) is 4. The summed E-state index contributed by atoms with van der Waals surface area (Å²) in [5.41, 5.74) is 1.32. The summed E-state index contributed by atoms with van der Waals surface area (Å²) in [5, 5.41) is 14.2. The first-order valence-electron chi connectivity index (χ1n) is 8.13. The predicted octanol–water partition coefficient (Wildman–Crippen LogP) is 3.12. The molecule has 0 spiro atoms. The van der Waals surface area contributed by atoms with Gasteiger partial charge in [0.05, 0.1) is 50.7 Å². The molecule has 2 aromatic carbocycles. The van der Waals surface area contributed by atoms with E-state index < -0.39 is 10.8 Å². The Morgan fingerprint density at radius 2 is 1.43 bits per heavy atom. The molecule has 1 heterocycles. The number of hydrogen-bond acceptors (Lipinski definition) is 7. The van der Waals surface area contributed by atoms with Gasteiger partial charge in [-0.05, 0) is 18.2 Å². The first kappa shape index (κ1) is 19.0. The molecule has 9 heteroatoms. The van der Waals surface area contributed by atoms with Crippen LogP contribution in [-0.2, 0) is 4.79 Å². The van der Waals surface area contributed by atoms with Gasteiger partial charge in [-0.25, -0.2) is 0 Å². The predicted molar refractivity (Wildman–Crippen MR) is 102 cm³/mol. The van der Waals surface area contributed by atoms with Crippen LogP contribution in [0.5, 0.6) is 23.0 Å². The maximum absolute atomic E-state index is 12.5. The number of fused-ring (bicyclic) bond motifs is 1. The summed E-state index contributed by atoms with van der Waals surface area (Å²) >= 11 is 0. The maximum atomic E-state index is 12.5. The second-order valence-corrected chi connectivity index (χ2v) is 5.79. The van der Waals surface area contributed by atoms with Crippen molar-refractivity contribution in [2.75, 3.05) is 33.8 Å². The van der Waals surface area contributed by atoms with Gasteiger partial charge in [0, 0.05) is 17.2 Å². The second kappa shape index (κ2) is 7.47. The van der Waals surface area contributed by atoms with Crippen molar-refractivity contribution in [1.29, 1.82) is 0 Å². The van der Waals surface area contributed by atoms with Crippen LogP contribution in [0.4, 0.5) is 11.4 Å². The van der Waals surface area contributed by atoms with Gasteiger partial charge in [0.15, 0.2) is 23.0 Å². The number of methoxy groups -OCH3 is 4. The molecule has 9 nitrogen and oxygen atoms in total. The average molecular weight is 386 g/mol. The van der Waals surface area contributed by atoms with Crippen LogP contribution in [-0.4, -0.2) is 39.3 Å². The number of carbonyl (C=O) groups is 1. The minimum atomic E-state index is -0.545. The van der Waals surface area contributed by atoms with Gasteiger partial charge in [-0.2, -0.15) is 0 Å². The molecule has 0 atom stereocenters. The topological polar surface area (TPSA) is 109 Å². The summed E-state index contributed by atoms with van der Waals surface area (Å²) in [7, 11) is 5.79. The van der Waals surface area contributed by atoms with E-state index in [0.29, 0.717) is 28.5 Å². The van der Waals surface area contributed by atoms with E-state index in [1.54, 1.807) is 12.1 Å². The summed E-state index contributed by atoms with van der Waals surface area (Å²) < 4.78 is 20.9. The highest BCUT2D eigenvalue weighted by atomic mass is 16.6. The number of carbonyl (C=O) groups excluding carboxylic acids is 1. The molecule has 3 rings (SSSR count). The maximum Gasteiger partial charge on any atom is 0.280 e. The van der Waals surface area contributed by atoms with E-state index in [0.717, 1.165) is 0 Å². The van der Waals surface area contributed by atoms with Gasteiger partial charge in [-0.3, -0.25) is 14.9 Å². The molecule has 0 unspecified atom stereocenters. The summed E-state index contributed by atoms with van der Waals surface area (Å²) in [4.78, 5) is 23.5. The molecule has 1 N–H and O–H groups in total. The molecule has 0 bridgehead atoms. The van der Waals surface area contributed by atoms with Crippen molar-refractivity contribution in [3.63, 3.8) is 0 Å². The second-order valence-electron chi connectivity index (χ2n) is 5.79. The number of nitro benzene ring substituents is 1. The van der Waals surface area contributed by atoms with Crippen molar-refractivity contribution in [2.24, 2.45) is 0 Å². The molecular formula is C19H18N2O7. The van der Waals surface area contributed by atoms with Crippen LogP contribution in [0.15, 0.2) is 24.3 Å². The Balaban J connectivity index is 2.20. The third-order valence-electron chi connectivity index (χ3n) is 4.34. The molecule has 0 saturated heterocycles. The lowest BCUT2D eigenvalue weighted by atomic mass is 10.0. The number of nitro groups is 1. The Kier molecular flexibility index (Phi) is 5.08. The lowest BCUT2D eigenvalue weighted by Gasteiger charge is -2.10. The fourth-order valence-electron chi connectivity index (χ4n) is 2.97. The number of amides is 1. The Morgan fingerprint density at radius 1 is 0.893 bits per heavy atom. The van der Waals surface area contributed by atoms with Gasteiger partial charge in [-0.15, -0.1) is 0 Å². The van der Waals surface area contributed by atoms with Crippen LogP contribution in [0, 0.1) is 10.1 Å². The molecule has 0 aliphatic carbocycles. The van der Waals surface area contributed by atoms with Crippen molar-refractivity contribution in [2.45, 2.75) is 0 Å². The fraction of sp³-hybridized carbons (Fsp3) is 0.211. The molecular weight excluding hydrogens is 368 g/mol. The smallest absolute Gasteiger partial charge is 0.280 e. The lowest BCUT2D eigenvalue weighted by molar-refractivity contribution is -0.385. The van der Waals surface area contributed by atoms with Crippen molar-refractivity contribution in [3.05, 3.63) is 45.5 Å². The number of benzene rings is 2. The van der Waals surface area contributed by atoms with Crippen molar-refractivity contribution >= 4 is 28.9 Å². The van der Waals surface area contributed by atoms with Crippen LogP contribution >= 0.6 is 0 Å². The number of nitrogens with one attached hydrogen (secondary N) is 1. The van der Waals surface area contributed by atoms with Crippen molar-refractivity contribution in [1.82, 2.24) is 0 Å². The highest BCUT2D eigenvalue weighted by Crippen LogP contribution is 2.42. The molecule has 0 radical (unpaired) electrons. The summed E-state index contributed by atoms with van der Waals surface area (Å²) in [6.45, 7) is 0. The summed E-state index contributed by atoms with van der Waals surface area (Å²) in [6, 6.07) is 5.99.